The number of nitrogens with one attached hydrogen (secondary N) is 2. The van der Waals surface area contributed by atoms with E-state index in [0.717, 1.165) is 18.2 Å². The van der Waals surface area contributed by atoms with Crippen molar-refractivity contribution in [1.82, 2.24) is 19.2 Å². The van der Waals surface area contributed by atoms with Crippen molar-refractivity contribution in [3.05, 3.63) is 82.5 Å². The first-order chi connectivity index (χ1) is 15.8. The normalized spacial score (nSPS) is 11.1. The zero-order valence-corrected chi connectivity index (χ0v) is 17.8. The number of nitrogens with zero attached hydrogens (tertiary/aromatic N) is 4. The van der Waals surface area contributed by atoms with E-state index in [0.29, 0.717) is 11.4 Å². The van der Waals surface area contributed by atoms with Crippen LogP contribution in [0.15, 0.2) is 59.7 Å². The largest absolute Gasteiger partial charge is 0.485 e. The summed E-state index contributed by atoms with van der Waals surface area (Å²) in [4.78, 5) is 33.3. The first kappa shape index (κ1) is 21.9. The van der Waals surface area contributed by atoms with Crippen molar-refractivity contribution < 1.29 is 18.3 Å². The number of ether oxygens (including phenoxy) is 1. The second-order valence-corrected chi connectivity index (χ2v) is 7.40. The summed E-state index contributed by atoms with van der Waals surface area (Å²) in [6.45, 7) is 3.79. The number of aromatic nitrogens is 4. The van der Waals surface area contributed by atoms with Gasteiger partial charge in [-0.1, -0.05) is 12.1 Å². The number of rotatable bonds is 6. The van der Waals surface area contributed by atoms with Crippen LogP contribution in [0.25, 0.3) is 5.78 Å². The molecule has 0 atom stereocenters. The molecule has 0 aliphatic heterocycles. The minimum atomic E-state index is -0.785. The molecule has 0 bridgehead atoms. The number of hydrogen-bond donors (Lipinski definition) is 2. The molecular formula is C22H20F2N6O3. The molecule has 0 unspecified atom stereocenters. The molecule has 4 aromatic rings. The topological polar surface area (TPSA) is 103 Å². The highest BCUT2D eigenvalue weighted by Gasteiger charge is 2.13. The second kappa shape index (κ2) is 9.07. The van der Waals surface area contributed by atoms with Crippen LogP contribution in [0.2, 0.25) is 0 Å². The van der Waals surface area contributed by atoms with Crippen LogP contribution >= 0.6 is 0 Å². The van der Waals surface area contributed by atoms with Gasteiger partial charge in [0.25, 0.3) is 11.3 Å². The first-order valence-corrected chi connectivity index (χ1v) is 10.0. The Morgan fingerprint density at radius 1 is 1.09 bits per heavy atom. The second-order valence-electron chi connectivity index (χ2n) is 7.40. The van der Waals surface area contributed by atoms with E-state index >= 15 is 0 Å². The summed E-state index contributed by atoms with van der Waals surface area (Å²) in [5, 5.41) is 4.78. The summed E-state index contributed by atoms with van der Waals surface area (Å²) in [7, 11) is 0. The molecule has 0 radical (unpaired) electrons. The predicted molar refractivity (Wildman–Crippen MR) is 117 cm³/mol. The number of fused-ring (bicyclic) bond motifs is 1. The summed E-state index contributed by atoms with van der Waals surface area (Å²) in [5.74, 6) is -0.919. The van der Waals surface area contributed by atoms with E-state index in [1.54, 1.807) is 28.9 Å². The van der Waals surface area contributed by atoms with Crippen molar-refractivity contribution in [3.8, 4) is 5.75 Å². The van der Waals surface area contributed by atoms with E-state index in [4.69, 9.17) is 4.74 Å². The maximum atomic E-state index is 13.8. The zero-order valence-electron chi connectivity index (χ0n) is 17.8. The van der Waals surface area contributed by atoms with E-state index in [-0.39, 0.29) is 35.4 Å². The smallest absolute Gasteiger partial charge is 0.323 e. The minimum absolute atomic E-state index is 0.0292. The van der Waals surface area contributed by atoms with Crippen LogP contribution in [-0.4, -0.2) is 25.2 Å². The number of para-hydroxylation sites is 2. The Morgan fingerprint density at radius 2 is 1.85 bits per heavy atom. The molecule has 0 saturated heterocycles. The number of carbonyl (C=O) groups is 1. The molecule has 11 heteroatoms. The SMILES string of the molecule is CC(C)n1cnc2nc(COc3ccccc3NC(=O)Nc3cc(F)ccc3F)cc(=O)n21. The quantitative estimate of drug-likeness (QED) is 0.459. The third-order valence-corrected chi connectivity index (χ3v) is 4.67. The van der Waals surface area contributed by atoms with Gasteiger partial charge in [-0.25, -0.2) is 18.6 Å². The Labute approximate surface area is 186 Å². The van der Waals surface area contributed by atoms with Gasteiger partial charge in [0.2, 0.25) is 0 Å². The van der Waals surface area contributed by atoms with Gasteiger partial charge in [-0.3, -0.25) is 9.48 Å². The zero-order chi connectivity index (χ0) is 23.5. The monoisotopic (exact) mass is 454 g/mol. The maximum Gasteiger partial charge on any atom is 0.323 e. The molecule has 0 spiro atoms. The Morgan fingerprint density at radius 3 is 2.64 bits per heavy atom. The maximum absolute atomic E-state index is 13.8. The molecular weight excluding hydrogens is 434 g/mol. The summed E-state index contributed by atoms with van der Waals surface area (Å²) in [6, 6.07) is 9.88. The first-order valence-electron chi connectivity index (χ1n) is 10.0. The van der Waals surface area contributed by atoms with Gasteiger partial charge in [0.1, 0.15) is 30.3 Å². The molecule has 33 heavy (non-hydrogen) atoms. The number of anilines is 2. The molecule has 2 aromatic carbocycles. The van der Waals surface area contributed by atoms with Crippen LogP contribution in [0.3, 0.4) is 0 Å². The number of carbonyl (C=O) groups excluding carboxylic acids is 1. The number of amides is 2. The molecule has 170 valence electrons. The Balaban J connectivity index is 1.48. The summed E-state index contributed by atoms with van der Waals surface area (Å²) >= 11 is 0. The lowest BCUT2D eigenvalue weighted by molar-refractivity contribution is 0.261. The molecule has 2 heterocycles. The number of halogens is 2. The van der Waals surface area contributed by atoms with Crippen molar-refractivity contribution in [2.24, 2.45) is 0 Å². The molecule has 4 rings (SSSR count). The number of benzene rings is 2. The van der Waals surface area contributed by atoms with Crippen molar-refractivity contribution in [1.29, 1.82) is 0 Å². The number of urea groups is 1. The van der Waals surface area contributed by atoms with Gasteiger partial charge in [-0.15, -0.1) is 0 Å². The fraction of sp³-hybridized carbons (Fsp3) is 0.182. The summed E-state index contributed by atoms with van der Waals surface area (Å²) in [5.41, 5.74) is 0.0428. The Bertz CT molecular complexity index is 1380. The van der Waals surface area contributed by atoms with Gasteiger partial charge in [0, 0.05) is 18.2 Å². The molecule has 0 saturated carbocycles. The minimum Gasteiger partial charge on any atom is -0.485 e. The Kier molecular flexibility index (Phi) is 6.03. The molecule has 9 nitrogen and oxygen atoms in total. The Hall–Kier alpha value is -4.28. The van der Waals surface area contributed by atoms with Crippen LogP contribution in [0.4, 0.5) is 25.0 Å². The van der Waals surface area contributed by atoms with Gasteiger partial charge in [-0.2, -0.15) is 9.50 Å². The molecule has 0 aliphatic carbocycles. The summed E-state index contributed by atoms with van der Waals surface area (Å²) < 4.78 is 35.9. The highest BCUT2D eigenvalue weighted by molar-refractivity contribution is 6.00. The highest BCUT2D eigenvalue weighted by atomic mass is 19.1. The van der Waals surface area contributed by atoms with Crippen LogP contribution < -0.4 is 20.9 Å². The lowest BCUT2D eigenvalue weighted by Crippen LogP contribution is -2.23. The van der Waals surface area contributed by atoms with Gasteiger partial charge in [0.15, 0.2) is 0 Å². The van der Waals surface area contributed by atoms with Gasteiger partial charge >= 0.3 is 6.03 Å². The van der Waals surface area contributed by atoms with Crippen molar-refractivity contribution in [3.63, 3.8) is 0 Å². The average Bonchev–Trinajstić information content (AvgIpc) is 3.21. The van der Waals surface area contributed by atoms with E-state index in [9.17, 15) is 18.4 Å². The third kappa shape index (κ3) is 4.81. The van der Waals surface area contributed by atoms with Crippen molar-refractivity contribution in [2.45, 2.75) is 26.5 Å². The van der Waals surface area contributed by atoms with Crippen molar-refractivity contribution >= 4 is 23.2 Å². The standard InChI is InChI=1S/C22H20F2N6O3/c1-13(2)29-12-25-21-26-15(10-20(31)30(21)29)11-33-19-6-4-3-5-17(19)27-22(32)28-18-9-14(23)7-8-16(18)24/h3-10,12-13H,11H2,1-2H3,(H2,27,28,32). The van der Waals surface area contributed by atoms with Crippen LogP contribution in [0.5, 0.6) is 5.75 Å². The molecule has 2 aromatic heterocycles. The van der Waals surface area contributed by atoms with Gasteiger partial charge in [0.05, 0.1) is 17.1 Å². The lowest BCUT2D eigenvalue weighted by Gasteiger charge is -2.13. The fourth-order valence-electron chi connectivity index (χ4n) is 3.13. The molecule has 0 fully saturated rings. The van der Waals surface area contributed by atoms with Gasteiger partial charge in [-0.05, 0) is 38.1 Å². The average molecular weight is 454 g/mol. The molecule has 2 N–H and O–H groups in total. The van der Waals surface area contributed by atoms with Gasteiger partial charge < -0.3 is 15.4 Å². The summed E-state index contributed by atoms with van der Waals surface area (Å²) in [6.07, 6.45) is 1.54. The lowest BCUT2D eigenvalue weighted by atomic mass is 10.3. The predicted octanol–water partition coefficient (Wildman–Crippen LogP) is 3.97. The van der Waals surface area contributed by atoms with E-state index in [1.807, 2.05) is 13.8 Å². The molecule has 2 amide bonds. The number of hydrogen-bond acceptors (Lipinski definition) is 5. The van der Waals surface area contributed by atoms with E-state index in [1.165, 1.54) is 16.9 Å². The van der Waals surface area contributed by atoms with E-state index < -0.39 is 17.7 Å². The van der Waals surface area contributed by atoms with Crippen LogP contribution in [-0.2, 0) is 6.61 Å². The fourth-order valence-corrected chi connectivity index (χ4v) is 3.13. The van der Waals surface area contributed by atoms with Crippen molar-refractivity contribution in [2.75, 3.05) is 10.6 Å². The molecule has 0 aliphatic rings. The third-order valence-electron chi connectivity index (χ3n) is 4.67. The van der Waals surface area contributed by atoms with Crippen LogP contribution in [0, 0.1) is 11.6 Å². The van der Waals surface area contributed by atoms with E-state index in [2.05, 4.69) is 20.6 Å². The highest BCUT2D eigenvalue weighted by Crippen LogP contribution is 2.25. The van der Waals surface area contributed by atoms with Crippen LogP contribution in [0.1, 0.15) is 25.6 Å².